The molecule has 28 heavy (non-hydrogen) atoms. The molecule has 1 aromatic carbocycles. The Hall–Kier alpha value is -1.95. The Morgan fingerprint density at radius 1 is 1.14 bits per heavy atom. The third-order valence-corrected chi connectivity index (χ3v) is 5.64. The van der Waals surface area contributed by atoms with Crippen LogP contribution >= 0.6 is 11.6 Å². The predicted molar refractivity (Wildman–Crippen MR) is 113 cm³/mol. The fraction of sp³-hybridized carbons (Fsp3) is 0.455. The van der Waals surface area contributed by atoms with E-state index >= 15 is 0 Å². The van der Waals surface area contributed by atoms with Crippen LogP contribution in [0, 0.1) is 5.92 Å². The smallest absolute Gasteiger partial charge is 0.241 e. The number of carbonyl (C=O) groups excluding carboxylic acids is 1. The van der Waals surface area contributed by atoms with E-state index in [0.717, 1.165) is 49.5 Å². The average Bonchev–Trinajstić information content (AvgIpc) is 2.73. The fourth-order valence-corrected chi connectivity index (χ4v) is 3.88. The van der Waals surface area contributed by atoms with Crippen molar-refractivity contribution in [3.8, 4) is 0 Å². The lowest BCUT2D eigenvalue weighted by Crippen LogP contribution is -2.39. The number of nitrogens with one attached hydrogen (secondary N) is 3. The van der Waals surface area contributed by atoms with E-state index in [-0.39, 0.29) is 5.91 Å². The second-order valence-corrected chi connectivity index (χ2v) is 7.69. The second kappa shape index (κ2) is 11.1. The highest BCUT2D eigenvalue weighted by molar-refractivity contribution is 6.31. The minimum Gasteiger partial charge on any atom is -0.354 e. The monoisotopic (exact) mass is 400 g/mol. The number of halogens is 1. The maximum atomic E-state index is 12.9. The number of pyridine rings is 1. The summed E-state index contributed by atoms with van der Waals surface area (Å²) in [4.78, 5) is 16.9. The molecule has 2 aromatic rings. The number of piperidine rings is 1. The Morgan fingerprint density at radius 2 is 1.89 bits per heavy atom. The normalized spacial score (nSPS) is 15.9. The fourth-order valence-electron chi connectivity index (χ4n) is 3.64. The summed E-state index contributed by atoms with van der Waals surface area (Å²) in [6.07, 6.45) is 7.80. The van der Waals surface area contributed by atoms with Crippen molar-refractivity contribution in [2.45, 2.75) is 31.7 Å². The predicted octanol–water partition coefficient (Wildman–Crippen LogP) is 3.11. The van der Waals surface area contributed by atoms with Gasteiger partial charge in [-0.15, -0.1) is 0 Å². The van der Waals surface area contributed by atoms with E-state index in [0.29, 0.717) is 11.6 Å². The van der Waals surface area contributed by atoms with Crippen molar-refractivity contribution in [1.82, 2.24) is 20.9 Å². The van der Waals surface area contributed by atoms with Gasteiger partial charge in [0.1, 0.15) is 6.04 Å². The molecule has 0 aliphatic carbocycles. The minimum atomic E-state index is -0.437. The Balaban J connectivity index is 1.56. The number of aromatic nitrogens is 1. The van der Waals surface area contributed by atoms with Crippen molar-refractivity contribution in [2.75, 3.05) is 26.2 Å². The van der Waals surface area contributed by atoms with Gasteiger partial charge in [0.05, 0.1) is 0 Å². The zero-order valence-electron chi connectivity index (χ0n) is 16.2. The van der Waals surface area contributed by atoms with E-state index < -0.39 is 6.04 Å². The molecule has 0 saturated carbocycles. The molecule has 1 aliphatic heterocycles. The third-order valence-electron chi connectivity index (χ3n) is 5.30. The largest absolute Gasteiger partial charge is 0.354 e. The number of hydrogen-bond donors (Lipinski definition) is 3. The molecule has 1 fully saturated rings. The third kappa shape index (κ3) is 6.30. The molecule has 5 nitrogen and oxygen atoms in total. The molecule has 0 spiro atoms. The van der Waals surface area contributed by atoms with Gasteiger partial charge in [-0.3, -0.25) is 9.78 Å². The van der Waals surface area contributed by atoms with Crippen molar-refractivity contribution >= 4 is 17.5 Å². The van der Waals surface area contributed by atoms with Crippen molar-refractivity contribution < 1.29 is 4.79 Å². The number of hydrogen-bond acceptors (Lipinski definition) is 4. The molecule has 1 amide bonds. The second-order valence-electron chi connectivity index (χ2n) is 7.29. The number of nitrogens with zero attached hydrogens (tertiary/aromatic N) is 1. The van der Waals surface area contributed by atoms with E-state index in [4.69, 9.17) is 11.6 Å². The summed E-state index contributed by atoms with van der Waals surface area (Å²) in [5, 5.41) is 10.5. The van der Waals surface area contributed by atoms with Gasteiger partial charge in [0.25, 0.3) is 0 Å². The first-order chi connectivity index (χ1) is 13.7. The molecular formula is C22H29ClN4O. The molecule has 1 aliphatic rings. The van der Waals surface area contributed by atoms with Gasteiger partial charge in [0.15, 0.2) is 0 Å². The Bertz CT molecular complexity index is 734. The van der Waals surface area contributed by atoms with E-state index in [1.807, 2.05) is 36.4 Å². The number of benzene rings is 1. The quantitative estimate of drug-likeness (QED) is 0.605. The van der Waals surface area contributed by atoms with Crippen LogP contribution in [-0.4, -0.2) is 37.1 Å². The summed E-state index contributed by atoms with van der Waals surface area (Å²) < 4.78 is 0. The molecule has 3 rings (SSSR count). The van der Waals surface area contributed by atoms with Crippen molar-refractivity contribution in [2.24, 2.45) is 5.92 Å². The van der Waals surface area contributed by atoms with Gasteiger partial charge in [-0.05, 0) is 80.6 Å². The highest BCUT2D eigenvalue weighted by Crippen LogP contribution is 2.23. The van der Waals surface area contributed by atoms with Crippen LogP contribution in [0.4, 0.5) is 0 Å². The van der Waals surface area contributed by atoms with Gasteiger partial charge in [-0.25, -0.2) is 0 Å². The van der Waals surface area contributed by atoms with Crippen LogP contribution in [0.25, 0.3) is 0 Å². The standard InChI is InChI=1S/C22H29ClN4O/c23-20-4-2-1-3-19(20)21(26-15-9-17-5-11-24-12-6-17)22(28)27-16-10-18-7-13-25-14-8-18/h1-4,7-8,13-14,17,21,24,26H,5-6,9-12,15-16H2,(H,27,28). The summed E-state index contributed by atoms with van der Waals surface area (Å²) in [5.41, 5.74) is 1.99. The SMILES string of the molecule is O=C(NCCc1ccncc1)C(NCCC1CCNCC1)c1ccccc1Cl. The number of carbonyl (C=O) groups is 1. The highest BCUT2D eigenvalue weighted by atomic mass is 35.5. The van der Waals surface area contributed by atoms with Gasteiger partial charge < -0.3 is 16.0 Å². The molecule has 6 heteroatoms. The average molecular weight is 401 g/mol. The van der Waals surface area contributed by atoms with E-state index in [1.165, 1.54) is 12.8 Å². The Labute approximate surface area is 172 Å². The highest BCUT2D eigenvalue weighted by Gasteiger charge is 2.22. The van der Waals surface area contributed by atoms with Crippen molar-refractivity contribution in [1.29, 1.82) is 0 Å². The van der Waals surface area contributed by atoms with Crippen LogP contribution in [0.2, 0.25) is 5.02 Å². The summed E-state index contributed by atoms with van der Waals surface area (Å²) >= 11 is 6.39. The van der Waals surface area contributed by atoms with Crippen LogP contribution in [-0.2, 0) is 11.2 Å². The van der Waals surface area contributed by atoms with Gasteiger partial charge in [-0.2, -0.15) is 0 Å². The van der Waals surface area contributed by atoms with Gasteiger partial charge in [0, 0.05) is 24.0 Å². The van der Waals surface area contributed by atoms with Crippen LogP contribution in [0.3, 0.4) is 0 Å². The molecular weight excluding hydrogens is 372 g/mol. The van der Waals surface area contributed by atoms with Crippen molar-refractivity contribution in [3.05, 3.63) is 64.9 Å². The lowest BCUT2D eigenvalue weighted by molar-refractivity contribution is -0.123. The molecule has 1 unspecified atom stereocenters. The summed E-state index contributed by atoms with van der Waals surface area (Å²) in [5.74, 6) is 0.683. The van der Waals surface area contributed by atoms with Crippen LogP contribution in [0.5, 0.6) is 0 Å². The molecule has 1 atom stereocenters. The molecule has 1 saturated heterocycles. The molecule has 2 heterocycles. The lowest BCUT2D eigenvalue weighted by Gasteiger charge is -2.24. The summed E-state index contributed by atoms with van der Waals surface area (Å²) in [6.45, 7) is 3.57. The van der Waals surface area contributed by atoms with Gasteiger partial charge in [-0.1, -0.05) is 29.8 Å². The van der Waals surface area contributed by atoms with E-state index in [1.54, 1.807) is 12.4 Å². The maximum Gasteiger partial charge on any atom is 0.241 e. The Kier molecular flexibility index (Phi) is 8.27. The summed E-state index contributed by atoms with van der Waals surface area (Å²) in [6, 6.07) is 11.1. The Morgan fingerprint density at radius 3 is 2.64 bits per heavy atom. The summed E-state index contributed by atoms with van der Waals surface area (Å²) in [7, 11) is 0. The van der Waals surface area contributed by atoms with Crippen LogP contribution in [0.15, 0.2) is 48.8 Å². The molecule has 1 aromatic heterocycles. The topological polar surface area (TPSA) is 66.0 Å². The molecule has 0 bridgehead atoms. The van der Waals surface area contributed by atoms with Crippen LogP contribution < -0.4 is 16.0 Å². The minimum absolute atomic E-state index is 0.0348. The van der Waals surface area contributed by atoms with Crippen LogP contribution in [0.1, 0.15) is 36.4 Å². The molecule has 150 valence electrons. The molecule has 3 N–H and O–H groups in total. The number of rotatable bonds is 9. The first kappa shape index (κ1) is 20.8. The zero-order valence-corrected chi connectivity index (χ0v) is 16.9. The first-order valence-corrected chi connectivity index (χ1v) is 10.5. The van der Waals surface area contributed by atoms with Gasteiger partial charge in [0.2, 0.25) is 5.91 Å². The molecule has 0 radical (unpaired) electrons. The van der Waals surface area contributed by atoms with Crippen molar-refractivity contribution in [3.63, 3.8) is 0 Å². The van der Waals surface area contributed by atoms with E-state index in [2.05, 4.69) is 20.9 Å². The van der Waals surface area contributed by atoms with E-state index in [9.17, 15) is 4.79 Å². The first-order valence-electron chi connectivity index (χ1n) is 10.1. The lowest BCUT2D eigenvalue weighted by atomic mass is 9.94. The zero-order chi connectivity index (χ0) is 19.6. The van der Waals surface area contributed by atoms with Gasteiger partial charge >= 0.3 is 0 Å². The maximum absolute atomic E-state index is 12.9. The number of amides is 1.